The minimum atomic E-state index is -4.53. The van der Waals surface area contributed by atoms with Gasteiger partial charge in [0.2, 0.25) is 5.82 Å². The number of nitrogens with zero attached hydrogens (tertiary/aromatic N) is 5. The summed E-state index contributed by atoms with van der Waals surface area (Å²) in [6.45, 7) is 0. The fraction of sp³-hybridized carbons (Fsp3) is 0.0556. The topological polar surface area (TPSA) is 111 Å². The highest BCUT2D eigenvalue weighted by molar-refractivity contribution is 5.94. The minimum Gasteiger partial charge on any atom is -0.313 e. The number of rotatable bonds is 5. The van der Waals surface area contributed by atoms with Crippen LogP contribution < -0.4 is 10.9 Å². The molecule has 0 unspecified atom stereocenters. The fourth-order valence-electron chi connectivity index (χ4n) is 2.46. The molecule has 0 atom stereocenters. The van der Waals surface area contributed by atoms with E-state index in [0.717, 1.165) is 10.7 Å². The smallest absolute Gasteiger partial charge is 0.313 e. The molecular weight excluding hydrogens is 403 g/mol. The van der Waals surface area contributed by atoms with Gasteiger partial charge in [0.15, 0.2) is 5.69 Å². The third kappa shape index (κ3) is 4.11. The zero-order valence-corrected chi connectivity index (χ0v) is 15.0. The first kappa shape index (κ1) is 19.1. The maximum absolute atomic E-state index is 12.7. The molecule has 0 spiro atoms. The Balaban J connectivity index is 1.39. The number of hydrogen-bond donors (Lipinski definition) is 2. The third-order valence-electron chi connectivity index (χ3n) is 3.92. The van der Waals surface area contributed by atoms with Gasteiger partial charge in [-0.1, -0.05) is 5.16 Å². The number of anilines is 1. The molecule has 30 heavy (non-hydrogen) atoms. The number of nitrogens with one attached hydrogen (secondary N) is 2. The third-order valence-corrected chi connectivity index (χ3v) is 3.92. The summed E-state index contributed by atoms with van der Waals surface area (Å²) >= 11 is 0. The van der Waals surface area contributed by atoms with Gasteiger partial charge >= 0.3 is 12.2 Å². The number of alkyl halides is 3. The molecule has 9 nitrogen and oxygen atoms in total. The van der Waals surface area contributed by atoms with Gasteiger partial charge < -0.3 is 4.52 Å². The van der Waals surface area contributed by atoms with E-state index in [2.05, 4.69) is 31.1 Å². The lowest BCUT2D eigenvalue weighted by molar-refractivity contribution is -0.141. The number of halogens is 3. The minimum absolute atomic E-state index is 0.0250. The maximum atomic E-state index is 12.7. The second-order valence-electron chi connectivity index (χ2n) is 5.93. The zero-order valence-electron chi connectivity index (χ0n) is 15.0. The highest BCUT2D eigenvalue weighted by Gasteiger charge is 2.33. The van der Waals surface area contributed by atoms with Crippen LogP contribution in [-0.2, 0) is 6.18 Å². The van der Waals surface area contributed by atoms with Crippen LogP contribution >= 0.6 is 0 Å². The molecule has 0 aliphatic rings. The molecule has 0 saturated heterocycles. The summed E-state index contributed by atoms with van der Waals surface area (Å²) in [6, 6.07) is 10.1. The zero-order chi connectivity index (χ0) is 21.1. The number of pyridine rings is 1. The lowest BCUT2D eigenvalue weighted by Gasteiger charge is -2.06. The molecule has 0 aliphatic carbocycles. The molecule has 3 aromatic heterocycles. The van der Waals surface area contributed by atoms with Crippen molar-refractivity contribution >= 4 is 11.9 Å². The number of hydrogen-bond acceptors (Lipinski definition) is 7. The number of carbonyl (C=O) groups is 1. The largest absolute Gasteiger partial charge is 0.435 e. The van der Waals surface area contributed by atoms with Crippen LogP contribution in [-0.4, -0.2) is 30.8 Å². The SMILES string of the molecule is O=C(NNc1nc(-c2ccncc2)no1)c1ccc(-n2ccc(C(F)(F)F)n2)cc1. The normalized spacial score (nSPS) is 11.3. The number of benzene rings is 1. The fourth-order valence-corrected chi connectivity index (χ4v) is 2.46. The van der Waals surface area contributed by atoms with Crippen molar-refractivity contribution in [2.75, 3.05) is 5.43 Å². The molecule has 0 saturated carbocycles. The summed E-state index contributed by atoms with van der Waals surface area (Å²) in [6.07, 6.45) is -0.174. The predicted octanol–water partition coefficient (Wildman–Crippen LogP) is 3.09. The van der Waals surface area contributed by atoms with Crippen LogP contribution in [0.3, 0.4) is 0 Å². The molecule has 0 aliphatic heterocycles. The molecule has 0 bridgehead atoms. The Morgan fingerprint density at radius 3 is 2.43 bits per heavy atom. The highest BCUT2D eigenvalue weighted by Crippen LogP contribution is 2.27. The molecule has 0 radical (unpaired) electrons. The van der Waals surface area contributed by atoms with Gasteiger partial charge in [0.25, 0.3) is 5.91 Å². The van der Waals surface area contributed by atoms with E-state index in [-0.39, 0.29) is 11.6 Å². The molecular formula is C18H12F3N7O2. The molecule has 1 amide bonds. The Morgan fingerprint density at radius 1 is 1.03 bits per heavy atom. The average Bonchev–Trinajstić information content (AvgIpc) is 3.43. The van der Waals surface area contributed by atoms with E-state index in [9.17, 15) is 18.0 Å². The summed E-state index contributed by atoms with van der Waals surface area (Å²) in [7, 11) is 0. The van der Waals surface area contributed by atoms with Gasteiger partial charge in [-0.3, -0.25) is 15.2 Å². The Morgan fingerprint density at radius 2 is 1.77 bits per heavy atom. The van der Waals surface area contributed by atoms with Gasteiger partial charge in [0.05, 0.1) is 5.69 Å². The van der Waals surface area contributed by atoms with Crippen LogP contribution in [0.4, 0.5) is 19.2 Å². The molecule has 0 fully saturated rings. The Labute approximate surface area is 166 Å². The second kappa shape index (κ2) is 7.66. The first-order valence-corrected chi connectivity index (χ1v) is 8.44. The van der Waals surface area contributed by atoms with E-state index in [4.69, 9.17) is 4.52 Å². The van der Waals surface area contributed by atoms with Gasteiger partial charge in [0.1, 0.15) is 0 Å². The summed E-state index contributed by atoms with van der Waals surface area (Å²) in [5.41, 5.74) is 5.21. The molecule has 4 aromatic rings. The van der Waals surface area contributed by atoms with Crippen LogP contribution in [0.5, 0.6) is 0 Å². The Bertz CT molecular complexity index is 1150. The van der Waals surface area contributed by atoms with E-state index < -0.39 is 17.8 Å². The van der Waals surface area contributed by atoms with E-state index in [1.165, 1.54) is 30.5 Å². The molecule has 1 aromatic carbocycles. The van der Waals surface area contributed by atoms with Gasteiger partial charge in [-0.15, -0.1) is 0 Å². The first-order valence-electron chi connectivity index (χ1n) is 8.44. The number of aromatic nitrogens is 5. The molecule has 152 valence electrons. The summed E-state index contributed by atoms with van der Waals surface area (Å²) in [5.74, 6) is -0.197. The van der Waals surface area contributed by atoms with Gasteiger partial charge in [0, 0.05) is 29.7 Å². The predicted molar refractivity (Wildman–Crippen MR) is 97.2 cm³/mol. The van der Waals surface area contributed by atoms with Crippen molar-refractivity contribution in [2.45, 2.75) is 6.18 Å². The lowest BCUT2D eigenvalue weighted by Crippen LogP contribution is -2.29. The molecule has 4 rings (SSSR count). The van der Waals surface area contributed by atoms with Crippen molar-refractivity contribution in [3.63, 3.8) is 0 Å². The van der Waals surface area contributed by atoms with E-state index in [1.54, 1.807) is 24.5 Å². The monoisotopic (exact) mass is 415 g/mol. The maximum Gasteiger partial charge on any atom is 0.435 e. The lowest BCUT2D eigenvalue weighted by atomic mass is 10.2. The quantitative estimate of drug-likeness (QED) is 0.482. The standard InChI is InChI=1S/C18H12F3N7O2/c19-18(20,21)14-7-10-28(26-14)13-3-1-12(2-4-13)16(29)24-25-17-23-15(27-30-17)11-5-8-22-9-6-11/h1-10H,(H,24,29)(H,23,25,27). The van der Waals surface area contributed by atoms with Gasteiger partial charge in [-0.2, -0.15) is 23.3 Å². The summed E-state index contributed by atoms with van der Waals surface area (Å²) < 4.78 is 44.0. The van der Waals surface area contributed by atoms with Crippen molar-refractivity contribution in [1.29, 1.82) is 0 Å². The van der Waals surface area contributed by atoms with Crippen molar-refractivity contribution in [1.82, 2.24) is 30.3 Å². The van der Waals surface area contributed by atoms with Crippen LogP contribution in [0.25, 0.3) is 17.1 Å². The van der Waals surface area contributed by atoms with Crippen molar-refractivity contribution in [3.8, 4) is 17.1 Å². The van der Waals surface area contributed by atoms with E-state index in [1.807, 2.05) is 0 Å². The molecule has 12 heteroatoms. The van der Waals surface area contributed by atoms with Gasteiger partial charge in [-0.05, 0) is 42.5 Å². The number of amides is 1. The number of hydrazine groups is 1. The van der Waals surface area contributed by atoms with E-state index >= 15 is 0 Å². The van der Waals surface area contributed by atoms with Crippen molar-refractivity contribution in [3.05, 3.63) is 72.3 Å². The highest BCUT2D eigenvalue weighted by atomic mass is 19.4. The summed E-state index contributed by atoms with van der Waals surface area (Å²) in [4.78, 5) is 20.2. The van der Waals surface area contributed by atoms with Crippen molar-refractivity contribution < 1.29 is 22.5 Å². The Kier molecular flexibility index (Phi) is 4.88. The van der Waals surface area contributed by atoms with Crippen molar-refractivity contribution in [2.24, 2.45) is 0 Å². The van der Waals surface area contributed by atoms with Crippen LogP contribution in [0, 0.1) is 0 Å². The first-order chi connectivity index (χ1) is 14.4. The van der Waals surface area contributed by atoms with Crippen LogP contribution in [0.15, 0.2) is 65.6 Å². The van der Waals surface area contributed by atoms with Gasteiger partial charge in [-0.25, -0.2) is 10.1 Å². The molecule has 3 heterocycles. The molecule has 2 N–H and O–H groups in total. The summed E-state index contributed by atoms with van der Waals surface area (Å²) in [5, 5.41) is 7.26. The average molecular weight is 415 g/mol. The van der Waals surface area contributed by atoms with Crippen LogP contribution in [0.2, 0.25) is 0 Å². The number of carbonyl (C=O) groups excluding carboxylic acids is 1. The second-order valence-corrected chi connectivity index (χ2v) is 5.93. The van der Waals surface area contributed by atoms with Crippen LogP contribution in [0.1, 0.15) is 16.1 Å². The Hall–Kier alpha value is -4.22. The van der Waals surface area contributed by atoms with E-state index in [0.29, 0.717) is 17.1 Å².